The molecule has 2 aromatic heterocycles. The van der Waals surface area contributed by atoms with Gasteiger partial charge in [0.05, 0.1) is 0 Å². The molecule has 0 aliphatic heterocycles. The van der Waals surface area contributed by atoms with Crippen LogP contribution in [0.4, 0.5) is 13.2 Å². The second kappa shape index (κ2) is 12.4. The molecule has 0 unspecified atom stereocenters. The van der Waals surface area contributed by atoms with Crippen LogP contribution in [0.1, 0.15) is 15.2 Å². The molecule has 0 atom stereocenters. The molecule has 0 aliphatic rings. The van der Waals surface area contributed by atoms with Gasteiger partial charge in [0.2, 0.25) is 0 Å². The summed E-state index contributed by atoms with van der Waals surface area (Å²) in [5.41, 5.74) is 4.39. The Balaban J connectivity index is 0.000000211. The summed E-state index contributed by atoms with van der Waals surface area (Å²) in [6.07, 6.45) is -1.38. The van der Waals surface area contributed by atoms with Crippen molar-refractivity contribution in [2.75, 3.05) is 0 Å². The normalized spacial score (nSPS) is 12.1. The summed E-state index contributed by atoms with van der Waals surface area (Å²) in [5, 5.41) is 0. The van der Waals surface area contributed by atoms with Gasteiger partial charge in [0, 0.05) is 36.6 Å². The van der Waals surface area contributed by atoms with Crippen molar-refractivity contribution >= 4 is 0 Å². The van der Waals surface area contributed by atoms with Gasteiger partial charge in [-0.15, -0.1) is 65.7 Å². The number of alkyl halides is 3. The topological polar surface area (TPSA) is 25.8 Å². The van der Waals surface area contributed by atoms with Crippen molar-refractivity contribution in [2.24, 2.45) is 0 Å². The number of pyridine rings is 2. The summed E-state index contributed by atoms with van der Waals surface area (Å²) in [6.45, 7) is -2.25. The van der Waals surface area contributed by atoms with E-state index in [1.807, 2.05) is 54.7 Å². The third kappa shape index (κ3) is 7.20. The summed E-state index contributed by atoms with van der Waals surface area (Å²) < 4.78 is 58.8. The van der Waals surface area contributed by atoms with Gasteiger partial charge in [0.1, 0.15) is 0 Å². The molecule has 0 amide bonds. The Kier molecular flexibility index (Phi) is 7.86. The summed E-state index contributed by atoms with van der Waals surface area (Å²) in [6, 6.07) is 33.9. The van der Waals surface area contributed by atoms with Gasteiger partial charge in [0.15, 0.2) is 0 Å². The van der Waals surface area contributed by atoms with Crippen molar-refractivity contribution in [3.63, 3.8) is 0 Å². The van der Waals surface area contributed by atoms with Gasteiger partial charge in [-0.2, -0.15) is 13.2 Å². The van der Waals surface area contributed by atoms with Crippen LogP contribution in [0.15, 0.2) is 109 Å². The first-order valence-corrected chi connectivity index (χ1v) is 10.7. The number of halogens is 3. The van der Waals surface area contributed by atoms with Gasteiger partial charge < -0.3 is 9.97 Å². The molecule has 2 nitrogen and oxygen atoms in total. The van der Waals surface area contributed by atoms with Gasteiger partial charge >= 0.3 is 6.18 Å². The maximum atomic E-state index is 12.4. The van der Waals surface area contributed by atoms with Crippen LogP contribution in [0.25, 0.3) is 33.6 Å². The third-order valence-electron chi connectivity index (χ3n) is 5.03. The average molecular weight is 662 g/mol. The van der Waals surface area contributed by atoms with Crippen molar-refractivity contribution < 1.29 is 37.4 Å². The van der Waals surface area contributed by atoms with E-state index in [1.54, 1.807) is 0 Å². The van der Waals surface area contributed by atoms with E-state index < -0.39 is 18.6 Å². The second-order valence-corrected chi connectivity index (χ2v) is 7.49. The van der Waals surface area contributed by atoms with E-state index in [2.05, 4.69) is 40.3 Å². The zero-order valence-electron chi connectivity index (χ0n) is 21.8. The number of aryl methyl sites for hydroxylation is 1. The number of aromatic nitrogens is 2. The maximum absolute atomic E-state index is 12.4. The molecule has 3 aromatic carbocycles. The predicted octanol–water partition coefficient (Wildman–Crippen LogP) is 8.09. The minimum Gasteiger partial charge on any atom is -0.305 e. The number of hydrogen-bond acceptors (Lipinski definition) is 2. The van der Waals surface area contributed by atoms with Crippen LogP contribution in [0, 0.1) is 19.0 Å². The molecule has 0 bridgehead atoms. The molecule has 0 aliphatic carbocycles. The SMILES string of the molecule is [2H]C([2H])([2H])c1ccc(-c2[c-]cc(C(F)(F)F)cc2)nc1.[Ir].[c-]1ccccc1-c1cc(-c2ccccc2)ccn1. The van der Waals surface area contributed by atoms with Crippen LogP contribution in [0.3, 0.4) is 0 Å². The van der Waals surface area contributed by atoms with Crippen LogP contribution in [-0.4, -0.2) is 9.97 Å². The molecule has 1 radical (unpaired) electrons. The minimum absolute atomic E-state index is 0. The van der Waals surface area contributed by atoms with E-state index >= 15 is 0 Å². The molecule has 6 heteroatoms. The quantitative estimate of drug-likeness (QED) is 0.183. The summed E-state index contributed by atoms with van der Waals surface area (Å²) in [7, 11) is 0. The molecule has 183 valence electrons. The van der Waals surface area contributed by atoms with Gasteiger partial charge in [-0.3, -0.25) is 0 Å². The van der Waals surface area contributed by atoms with E-state index in [1.165, 1.54) is 35.5 Å². The maximum Gasteiger partial charge on any atom is 0.381 e. The fourth-order valence-electron chi connectivity index (χ4n) is 3.25. The van der Waals surface area contributed by atoms with Gasteiger partial charge in [0.25, 0.3) is 0 Å². The van der Waals surface area contributed by atoms with E-state index in [9.17, 15) is 13.2 Å². The first-order valence-electron chi connectivity index (χ1n) is 12.2. The number of rotatable bonds is 3. The number of nitrogens with zero attached hydrogens (tertiary/aromatic N) is 2. The average Bonchev–Trinajstić information content (AvgIpc) is 2.94. The fraction of sp³-hybridized carbons (Fsp3) is 0.0667. The monoisotopic (exact) mass is 662 g/mol. The van der Waals surface area contributed by atoms with Gasteiger partial charge in [-0.05, 0) is 46.6 Å². The zero-order chi connectivity index (χ0) is 27.2. The van der Waals surface area contributed by atoms with Crippen molar-refractivity contribution in [1.82, 2.24) is 9.97 Å². The Bertz CT molecular complexity index is 1350. The molecule has 0 fully saturated rings. The second-order valence-electron chi connectivity index (χ2n) is 7.49. The first-order chi connectivity index (χ1) is 18.1. The summed E-state index contributed by atoms with van der Waals surface area (Å²) in [5.74, 6) is 0. The molecule has 0 N–H and O–H groups in total. The standard InChI is InChI=1S/C17H12N.C13H9F3N.Ir/c1-3-7-14(8-4-1)16-11-12-18-17(13-16)15-9-5-2-6-10-15;1-9-2-7-12(17-8-9)10-3-5-11(6-4-10)13(14,15)16;/h1-9,11-13H;2-3,5-8H,1H3;/q2*-1;/i;1D3;. The van der Waals surface area contributed by atoms with Crippen LogP contribution in [-0.2, 0) is 26.3 Å². The van der Waals surface area contributed by atoms with Crippen LogP contribution < -0.4 is 0 Å². The Labute approximate surface area is 226 Å². The minimum atomic E-state index is -4.41. The van der Waals surface area contributed by atoms with E-state index in [0.717, 1.165) is 23.4 Å². The van der Waals surface area contributed by atoms with E-state index in [4.69, 9.17) is 4.11 Å². The van der Waals surface area contributed by atoms with Crippen molar-refractivity contribution in [3.05, 3.63) is 133 Å². The largest absolute Gasteiger partial charge is 0.381 e. The first kappa shape index (κ1) is 22.8. The molecule has 2 heterocycles. The number of benzene rings is 3. The predicted molar refractivity (Wildman–Crippen MR) is 132 cm³/mol. The molecular formula is C30H21F3IrN2-2. The molecule has 5 aromatic rings. The summed E-state index contributed by atoms with van der Waals surface area (Å²) >= 11 is 0. The molecule has 0 spiro atoms. The van der Waals surface area contributed by atoms with E-state index in [-0.39, 0.29) is 25.7 Å². The molecule has 0 saturated carbocycles. The third-order valence-corrected chi connectivity index (χ3v) is 5.03. The Hall–Kier alpha value is -3.60. The van der Waals surface area contributed by atoms with Crippen molar-refractivity contribution in [1.29, 1.82) is 0 Å². The number of hydrogen-bond donors (Lipinski definition) is 0. The Morgan fingerprint density at radius 1 is 0.750 bits per heavy atom. The molecule has 0 saturated heterocycles. The van der Waals surface area contributed by atoms with Crippen LogP contribution >= 0.6 is 0 Å². The van der Waals surface area contributed by atoms with Crippen molar-refractivity contribution in [2.45, 2.75) is 13.0 Å². The fourth-order valence-corrected chi connectivity index (χ4v) is 3.25. The van der Waals surface area contributed by atoms with Gasteiger partial charge in [-0.1, -0.05) is 48.5 Å². The van der Waals surface area contributed by atoms with Gasteiger partial charge in [-0.25, -0.2) is 0 Å². The summed E-state index contributed by atoms with van der Waals surface area (Å²) in [4.78, 5) is 8.34. The molecule has 36 heavy (non-hydrogen) atoms. The Morgan fingerprint density at radius 3 is 2.14 bits per heavy atom. The van der Waals surface area contributed by atoms with Crippen LogP contribution in [0.5, 0.6) is 0 Å². The zero-order valence-corrected chi connectivity index (χ0v) is 21.1. The van der Waals surface area contributed by atoms with Crippen LogP contribution in [0.2, 0.25) is 0 Å². The van der Waals surface area contributed by atoms with Crippen molar-refractivity contribution in [3.8, 4) is 33.6 Å². The Morgan fingerprint density at radius 2 is 1.53 bits per heavy atom. The molecular weight excluding hydrogens is 638 g/mol. The molecule has 5 rings (SSSR count). The smallest absolute Gasteiger partial charge is 0.305 e. The van der Waals surface area contributed by atoms with E-state index in [0.29, 0.717) is 11.3 Å².